The van der Waals surface area contributed by atoms with Crippen LogP contribution in [0.2, 0.25) is 0 Å². The molecule has 2 N–H and O–H groups in total. The maximum Gasteiger partial charge on any atom is 0.162 e. The highest BCUT2D eigenvalue weighted by atomic mass is 19.2. The lowest BCUT2D eigenvalue weighted by atomic mass is 10.1. The van der Waals surface area contributed by atoms with Crippen molar-refractivity contribution in [2.75, 3.05) is 12.8 Å². The molecule has 19 heavy (non-hydrogen) atoms. The van der Waals surface area contributed by atoms with Gasteiger partial charge in [0.15, 0.2) is 11.6 Å². The van der Waals surface area contributed by atoms with Crippen LogP contribution in [0, 0.1) is 18.6 Å². The molecule has 0 fully saturated rings. The van der Waals surface area contributed by atoms with E-state index in [2.05, 4.69) is 0 Å². The zero-order valence-corrected chi connectivity index (χ0v) is 10.5. The lowest BCUT2D eigenvalue weighted by Crippen LogP contribution is -1.98. The molecule has 0 aromatic heterocycles. The van der Waals surface area contributed by atoms with E-state index in [-0.39, 0.29) is 5.75 Å². The lowest BCUT2D eigenvalue weighted by Gasteiger charge is -2.13. The lowest BCUT2D eigenvalue weighted by molar-refractivity contribution is 0.414. The van der Waals surface area contributed by atoms with Gasteiger partial charge < -0.3 is 15.2 Å². The van der Waals surface area contributed by atoms with Crippen molar-refractivity contribution in [3.63, 3.8) is 0 Å². The van der Waals surface area contributed by atoms with Crippen molar-refractivity contribution in [3.05, 3.63) is 47.5 Å². The highest BCUT2D eigenvalue weighted by molar-refractivity contribution is 5.63. The Morgan fingerprint density at radius 2 is 1.68 bits per heavy atom. The standard InChI is InChI=1S/C14H13F2NO2/c1-8-12(5-6-13(18-2)14(8)17)19-9-3-4-10(15)11(16)7-9/h3-7H,17H2,1-2H3. The Hall–Kier alpha value is -2.30. The zero-order chi connectivity index (χ0) is 14.0. The highest BCUT2D eigenvalue weighted by Crippen LogP contribution is 2.34. The van der Waals surface area contributed by atoms with Gasteiger partial charge in [-0.1, -0.05) is 0 Å². The van der Waals surface area contributed by atoms with Crippen LogP contribution in [0.15, 0.2) is 30.3 Å². The second-order valence-electron chi connectivity index (χ2n) is 3.98. The van der Waals surface area contributed by atoms with Crippen LogP contribution in [-0.4, -0.2) is 7.11 Å². The Morgan fingerprint density at radius 3 is 2.32 bits per heavy atom. The molecule has 0 amide bonds. The molecule has 5 heteroatoms. The number of ether oxygens (including phenoxy) is 2. The maximum atomic E-state index is 13.1. The Bertz CT molecular complexity index is 615. The minimum atomic E-state index is -0.961. The fourth-order valence-corrected chi connectivity index (χ4v) is 1.64. The van der Waals surface area contributed by atoms with Crippen LogP contribution in [0.1, 0.15) is 5.56 Å². The molecule has 2 rings (SSSR count). The van der Waals surface area contributed by atoms with Gasteiger partial charge in [0, 0.05) is 11.6 Å². The molecule has 0 aliphatic carbocycles. The van der Waals surface area contributed by atoms with Gasteiger partial charge >= 0.3 is 0 Å². The molecule has 0 aliphatic heterocycles. The minimum Gasteiger partial charge on any atom is -0.495 e. The smallest absolute Gasteiger partial charge is 0.162 e. The van der Waals surface area contributed by atoms with Gasteiger partial charge in [-0.05, 0) is 31.2 Å². The van der Waals surface area contributed by atoms with Crippen LogP contribution in [0.4, 0.5) is 14.5 Å². The van der Waals surface area contributed by atoms with E-state index in [1.165, 1.54) is 13.2 Å². The topological polar surface area (TPSA) is 44.5 Å². The van der Waals surface area contributed by atoms with Gasteiger partial charge in [-0.3, -0.25) is 0 Å². The average Bonchev–Trinajstić information content (AvgIpc) is 2.40. The van der Waals surface area contributed by atoms with Gasteiger partial charge in [0.25, 0.3) is 0 Å². The van der Waals surface area contributed by atoms with E-state index in [4.69, 9.17) is 15.2 Å². The van der Waals surface area contributed by atoms with Crippen molar-refractivity contribution >= 4 is 5.69 Å². The average molecular weight is 265 g/mol. The summed E-state index contributed by atoms with van der Waals surface area (Å²) in [6.45, 7) is 1.76. The fourth-order valence-electron chi connectivity index (χ4n) is 1.64. The van der Waals surface area contributed by atoms with Gasteiger partial charge in [-0.15, -0.1) is 0 Å². The molecule has 0 radical (unpaired) electrons. The number of halogens is 2. The Balaban J connectivity index is 2.33. The molecule has 0 spiro atoms. The van der Waals surface area contributed by atoms with Crippen molar-refractivity contribution in [1.29, 1.82) is 0 Å². The van der Waals surface area contributed by atoms with Crippen LogP contribution in [-0.2, 0) is 0 Å². The Kier molecular flexibility index (Phi) is 3.55. The predicted octanol–water partition coefficient (Wildman–Crippen LogP) is 3.66. The quantitative estimate of drug-likeness (QED) is 0.861. The summed E-state index contributed by atoms with van der Waals surface area (Å²) in [6, 6.07) is 6.64. The molecule has 2 aromatic carbocycles. The van der Waals surface area contributed by atoms with Crippen molar-refractivity contribution in [1.82, 2.24) is 0 Å². The fraction of sp³-hybridized carbons (Fsp3) is 0.143. The first-order chi connectivity index (χ1) is 9.02. The second-order valence-corrected chi connectivity index (χ2v) is 3.98. The van der Waals surface area contributed by atoms with E-state index in [1.54, 1.807) is 19.1 Å². The molecule has 2 aromatic rings. The summed E-state index contributed by atoms with van der Waals surface area (Å²) in [5.74, 6) is -0.680. The van der Waals surface area contributed by atoms with E-state index < -0.39 is 11.6 Å². The van der Waals surface area contributed by atoms with Crippen LogP contribution in [0.3, 0.4) is 0 Å². The van der Waals surface area contributed by atoms with Crippen LogP contribution < -0.4 is 15.2 Å². The number of hydrogen-bond donors (Lipinski definition) is 1. The molecule has 0 saturated carbocycles. The van der Waals surface area contributed by atoms with Crippen molar-refractivity contribution < 1.29 is 18.3 Å². The van der Waals surface area contributed by atoms with E-state index in [9.17, 15) is 8.78 Å². The summed E-state index contributed by atoms with van der Waals surface area (Å²) in [5.41, 5.74) is 6.98. The SMILES string of the molecule is COc1ccc(Oc2ccc(F)c(F)c2)c(C)c1N. The van der Waals surface area contributed by atoms with Crippen LogP contribution >= 0.6 is 0 Å². The maximum absolute atomic E-state index is 13.1. The third-order valence-electron chi connectivity index (χ3n) is 2.76. The first-order valence-corrected chi connectivity index (χ1v) is 5.59. The van der Waals surface area contributed by atoms with E-state index >= 15 is 0 Å². The Labute approximate surface area is 109 Å². The van der Waals surface area contributed by atoms with E-state index in [0.29, 0.717) is 22.7 Å². The molecule has 0 heterocycles. The molecule has 3 nitrogen and oxygen atoms in total. The molecule has 0 bridgehead atoms. The second kappa shape index (κ2) is 5.14. The monoisotopic (exact) mass is 265 g/mol. The van der Waals surface area contributed by atoms with Gasteiger partial charge in [0.2, 0.25) is 0 Å². The molecular formula is C14H13F2NO2. The molecule has 0 saturated heterocycles. The number of methoxy groups -OCH3 is 1. The summed E-state index contributed by atoms with van der Waals surface area (Å²) in [4.78, 5) is 0. The molecule has 100 valence electrons. The third kappa shape index (κ3) is 2.59. The molecule has 0 atom stereocenters. The minimum absolute atomic E-state index is 0.201. The molecule has 0 aliphatic rings. The number of hydrogen-bond acceptors (Lipinski definition) is 3. The van der Waals surface area contributed by atoms with Gasteiger partial charge in [0.05, 0.1) is 12.8 Å². The summed E-state index contributed by atoms with van der Waals surface area (Å²) in [7, 11) is 1.51. The van der Waals surface area contributed by atoms with Gasteiger partial charge in [-0.25, -0.2) is 8.78 Å². The summed E-state index contributed by atoms with van der Waals surface area (Å²) in [6.07, 6.45) is 0. The van der Waals surface area contributed by atoms with Crippen molar-refractivity contribution in [2.24, 2.45) is 0 Å². The summed E-state index contributed by atoms with van der Waals surface area (Å²) >= 11 is 0. The van der Waals surface area contributed by atoms with Gasteiger partial charge in [-0.2, -0.15) is 0 Å². The summed E-state index contributed by atoms with van der Waals surface area (Å²) in [5, 5.41) is 0. The number of rotatable bonds is 3. The predicted molar refractivity (Wildman–Crippen MR) is 68.6 cm³/mol. The van der Waals surface area contributed by atoms with Gasteiger partial charge in [0.1, 0.15) is 17.2 Å². The number of nitrogen functional groups attached to an aromatic ring is 1. The van der Waals surface area contributed by atoms with E-state index in [1.807, 2.05) is 0 Å². The van der Waals surface area contributed by atoms with Crippen molar-refractivity contribution in [2.45, 2.75) is 6.92 Å². The van der Waals surface area contributed by atoms with Crippen LogP contribution in [0.25, 0.3) is 0 Å². The summed E-state index contributed by atoms with van der Waals surface area (Å²) < 4.78 is 36.5. The highest BCUT2D eigenvalue weighted by Gasteiger charge is 2.10. The number of anilines is 1. The molecular weight excluding hydrogens is 252 g/mol. The third-order valence-corrected chi connectivity index (χ3v) is 2.76. The first-order valence-electron chi connectivity index (χ1n) is 5.59. The number of nitrogens with two attached hydrogens (primary N) is 1. The largest absolute Gasteiger partial charge is 0.495 e. The van der Waals surface area contributed by atoms with E-state index in [0.717, 1.165) is 12.1 Å². The number of benzene rings is 2. The van der Waals surface area contributed by atoms with Crippen LogP contribution in [0.5, 0.6) is 17.2 Å². The normalized spacial score (nSPS) is 10.3. The molecule has 0 unspecified atom stereocenters. The van der Waals surface area contributed by atoms with Crippen molar-refractivity contribution in [3.8, 4) is 17.2 Å². The first kappa shape index (κ1) is 13.1. The Morgan fingerprint density at radius 1 is 1.00 bits per heavy atom. The zero-order valence-electron chi connectivity index (χ0n) is 10.5.